The number of ether oxygens (including phenoxy) is 3. The third kappa shape index (κ3) is 7.32. The molecule has 0 radical (unpaired) electrons. The molecule has 1 saturated heterocycles. The minimum atomic E-state index is -0.724. The second kappa shape index (κ2) is 11.7. The Labute approximate surface area is 199 Å². The van der Waals surface area contributed by atoms with E-state index in [1.165, 1.54) is 11.3 Å². The summed E-state index contributed by atoms with van der Waals surface area (Å²) < 4.78 is 16.3. The van der Waals surface area contributed by atoms with E-state index >= 15 is 0 Å². The van der Waals surface area contributed by atoms with Gasteiger partial charge in [0.05, 0.1) is 11.5 Å². The number of thiazole rings is 1. The van der Waals surface area contributed by atoms with E-state index in [0.29, 0.717) is 36.5 Å². The van der Waals surface area contributed by atoms with Crippen molar-refractivity contribution in [2.75, 3.05) is 56.2 Å². The Bertz CT molecular complexity index is 901. The maximum Gasteiger partial charge on any atom is 0.293 e. The summed E-state index contributed by atoms with van der Waals surface area (Å²) in [7, 11) is 0. The standard InChI is InChI=1S/C22H34N6O4S/c1-6-30-17(3)31-12-11-27-7-9-28(10-8-27)20-13-19(24-16(2)25-20)26-21-23-14-18(33-21)22(4,5)32-15-29/h13-15,17H,6-12H2,1-5H3,(H,23,24,25,26). The lowest BCUT2D eigenvalue weighted by atomic mass is 10.1. The molecular weight excluding hydrogens is 444 g/mol. The molecule has 1 fully saturated rings. The molecule has 0 aliphatic carbocycles. The van der Waals surface area contributed by atoms with Gasteiger partial charge in [0.25, 0.3) is 6.47 Å². The number of hydrogen-bond acceptors (Lipinski definition) is 11. The molecule has 0 bridgehead atoms. The molecule has 10 nitrogen and oxygen atoms in total. The van der Waals surface area contributed by atoms with Crippen LogP contribution in [0, 0.1) is 6.92 Å². The average molecular weight is 479 g/mol. The Morgan fingerprint density at radius 2 is 2.00 bits per heavy atom. The molecule has 1 atom stereocenters. The number of piperazine rings is 1. The van der Waals surface area contributed by atoms with Crippen LogP contribution in [0.5, 0.6) is 0 Å². The predicted octanol–water partition coefficient (Wildman–Crippen LogP) is 2.91. The van der Waals surface area contributed by atoms with Gasteiger partial charge in [-0.3, -0.25) is 9.69 Å². The van der Waals surface area contributed by atoms with Crippen LogP contribution in [0.25, 0.3) is 0 Å². The van der Waals surface area contributed by atoms with Crippen molar-refractivity contribution in [3.63, 3.8) is 0 Å². The molecule has 1 aliphatic rings. The molecule has 33 heavy (non-hydrogen) atoms. The highest BCUT2D eigenvalue weighted by atomic mass is 32.1. The molecule has 11 heteroatoms. The van der Waals surface area contributed by atoms with Gasteiger partial charge in [0.1, 0.15) is 23.1 Å². The molecule has 2 aromatic heterocycles. The molecule has 0 aromatic carbocycles. The topological polar surface area (TPSA) is 102 Å². The SMILES string of the molecule is CCOC(C)OCCN1CCN(c2cc(Nc3ncc(C(C)(C)OC=O)s3)nc(C)n2)CC1. The Hall–Kier alpha value is -2.34. The van der Waals surface area contributed by atoms with Crippen molar-refractivity contribution in [1.82, 2.24) is 19.9 Å². The zero-order chi connectivity index (χ0) is 23.8. The van der Waals surface area contributed by atoms with Gasteiger partial charge in [-0.05, 0) is 34.6 Å². The molecule has 0 saturated carbocycles. The fourth-order valence-electron chi connectivity index (χ4n) is 3.51. The minimum absolute atomic E-state index is 0.163. The third-order valence-corrected chi connectivity index (χ3v) is 6.58. The van der Waals surface area contributed by atoms with Gasteiger partial charge in [-0.25, -0.2) is 15.0 Å². The number of rotatable bonds is 12. The summed E-state index contributed by atoms with van der Waals surface area (Å²) in [4.78, 5) is 29.8. The minimum Gasteiger partial charge on any atom is -0.456 e. The van der Waals surface area contributed by atoms with Gasteiger partial charge < -0.3 is 24.4 Å². The monoisotopic (exact) mass is 478 g/mol. The van der Waals surface area contributed by atoms with Crippen LogP contribution < -0.4 is 10.2 Å². The van der Waals surface area contributed by atoms with E-state index in [9.17, 15) is 4.79 Å². The maximum absolute atomic E-state index is 10.8. The summed E-state index contributed by atoms with van der Waals surface area (Å²) in [6, 6.07) is 1.95. The summed E-state index contributed by atoms with van der Waals surface area (Å²) in [6.45, 7) is 15.8. The number of carbonyl (C=O) groups is 1. The Kier molecular flexibility index (Phi) is 8.95. The zero-order valence-electron chi connectivity index (χ0n) is 20.0. The fourth-order valence-corrected chi connectivity index (χ4v) is 4.38. The molecule has 182 valence electrons. The van der Waals surface area contributed by atoms with Crippen LogP contribution in [-0.4, -0.2) is 78.6 Å². The normalized spacial score (nSPS) is 16.0. The number of anilines is 3. The highest BCUT2D eigenvalue weighted by Gasteiger charge is 2.25. The van der Waals surface area contributed by atoms with E-state index in [2.05, 4.69) is 30.1 Å². The van der Waals surface area contributed by atoms with Gasteiger partial charge in [0.15, 0.2) is 11.4 Å². The van der Waals surface area contributed by atoms with E-state index in [1.807, 2.05) is 40.7 Å². The zero-order valence-corrected chi connectivity index (χ0v) is 20.9. The largest absolute Gasteiger partial charge is 0.456 e. The van der Waals surface area contributed by atoms with Gasteiger partial charge in [-0.1, -0.05) is 11.3 Å². The summed E-state index contributed by atoms with van der Waals surface area (Å²) in [5.74, 6) is 2.28. The van der Waals surface area contributed by atoms with Gasteiger partial charge in [-0.15, -0.1) is 0 Å². The van der Waals surface area contributed by atoms with Crippen LogP contribution in [0.15, 0.2) is 12.3 Å². The van der Waals surface area contributed by atoms with Gasteiger partial charge in [-0.2, -0.15) is 0 Å². The number of carbonyl (C=O) groups excluding carboxylic acids is 1. The first-order valence-electron chi connectivity index (χ1n) is 11.2. The molecule has 2 aromatic rings. The predicted molar refractivity (Wildman–Crippen MR) is 128 cm³/mol. The van der Waals surface area contributed by atoms with Gasteiger partial charge >= 0.3 is 0 Å². The van der Waals surface area contributed by atoms with E-state index in [-0.39, 0.29) is 6.29 Å². The first kappa shape index (κ1) is 25.3. The van der Waals surface area contributed by atoms with Crippen LogP contribution in [0.3, 0.4) is 0 Å². The third-order valence-electron chi connectivity index (χ3n) is 5.36. The van der Waals surface area contributed by atoms with Gasteiger partial charge in [0, 0.05) is 51.6 Å². The Morgan fingerprint density at radius 1 is 1.24 bits per heavy atom. The maximum atomic E-state index is 10.8. The van der Waals surface area contributed by atoms with Crippen LogP contribution in [0.2, 0.25) is 0 Å². The summed E-state index contributed by atoms with van der Waals surface area (Å²) >= 11 is 1.43. The van der Waals surface area contributed by atoms with Crippen molar-refractivity contribution >= 4 is 34.6 Å². The Balaban J connectivity index is 1.56. The highest BCUT2D eigenvalue weighted by Crippen LogP contribution is 2.32. The Morgan fingerprint density at radius 3 is 2.70 bits per heavy atom. The molecule has 0 amide bonds. The van der Waals surface area contributed by atoms with Crippen molar-refractivity contribution in [1.29, 1.82) is 0 Å². The molecule has 1 aliphatic heterocycles. The molecule has 3 heterocycles. The summed E-state index contributed by atoms with van der Waals surface area (Å²) in [6.07, 6.45) is 1.55. The van der Waals surface area contributed by atoms with Crippen molar-refractivity contribution in [3.8, 4) is 0 Å². The van der Waals surface area contributed by atoms with Crippen molar-refractivity contribution in [3.05, 3.63) is 23.0 Å². The number of nitrogens with one attached hydrogen (secondary N) is 1. The highest BCUT2D eigenvalue weighted by molar-refractivity contribution is 7.15. The van der Waals surface area contributed by atoms with Crippen LogP contribution in [0.1, 0.15) is 38.4 Å². The summed E-state index contributed by atoms with van der Waals surface area (Å²) in [5.41, 5.74) is -0.724. The second-order valence-corrected chi connectivity index (χ2v) is 9.29. The molecule has 1 N–H and O–H groups in total. The number of aromatic nitrogens is 3. The van der Waals surface area contributed by atoms with Crippen molar-refractivity contribution < 1.29 is 19.0 Å². The number of aryl methyl sites for hydroxylation is 1. The van der Waals surface area contributed by atoms with Crippen molar-refractivity contribution in [2.45, 2.75) is 46.5 Å². The van der Waals surface area contributed by atoms with Gasteiger partial charge in [0.2, 0.25) is 0 Å². The van der Waals surface area contributed by atoms with Crippen LogP contribution in [-0.2, 0) is 24.6 Å². The quantitative estimate of drug-likeness (QED) is 0.362. The summed E-state index contributed by atoms with van der Waals surface area (Å²) in [5, 5.41) is 3.95. The van der Waals surface area contributed by atoms with E-state index in [4.69, 9.17) is 14.2 Å². The fraction of sp³-hybridized carbons (Fsp3) is 0.636. The lowest BCUT2D eigenvalue weighted by molar-refractivity contribution is -0.140. The lowest BCUT2D eigenvalue weighted by Gasteiger charge is -2.35. The number of nitrogens with zero attached hydrogens (tertiary/aromatic N) is 5. The van der Waals surface area contributed by atoms with Crippen LogP contribution >= 0.6 is 11.3 Å². The number of hydrogen-bond donors (Lipinski definition) is 1. The molecule has 1 unspecified atom stereocenters. The smallest absolute Gasteiger partial charge is 0.293 e. The van der Waals surface area contributed by atoms with E-state index in [0.717, 1.165) is 43.4 Å². The second-order valence-electron chi connectivity index (χ2n) is 8.26. The van der Waals surface area contributed by atoms with E-state index in [1.54, 1.807) is 6.20 Å². The molecule has 0 spiro atoms. The average Bonchev–Trinajstić information content (AvgIpc) is 3.23. The van der Waals surface area contributed by atoms with Crippen LogP contribution in [0.4, 0.5) is 16.8 Å². The first-order valence-corrected chi connectivity index (χ1v) is 12.0. The molecule has 3 rings (SSSR count). The first-order chi connectivity index (χ1) is 15.8. The molecular formula is C22H34N6O4S. The van der Waals surface area contributed by atoms with E-state index < -0.39 is 5.60 Å². The lowest BCUT2D eigenvalue weighted by Crippen LogP contribution is -2.47. The van der Waals surface area contributed by atoms with Crippen molar-refractivity contribution in [2.24, 2.45) is 0 Å².